The fraction of sp³-hybridized carbons (Fsp3) is 0.889. The molecule has 0 bridgehead atoms. The maximum Gasteiger partial charge on any atom is 0.131 e. The molecule has 1 N–H and O–H groups in total. The molecule has 1 atom stereocenters. The average Bonchev–Trinajstić information content (AvgIpc) is 2.15. The van der Waals surface area contributed by atoms with Crippen LogP contribution in [0.5, 0.6) is 0 Å². The Morgan fingerprint density at radius 2 is 2.46 bits per heavy atom. The van der Waals surface area contributed by atoms with Gasteiger partial charge in [0.25, 0.3) is 0 Å². The van der Waals surface area contributed by atoms with Gasteiger partial charge in [-0.1, -0.05) is 0 Å². The normalized spacial score (nSPS) is 24.6. The van der Waals surface area contributed by atoms with Gasteiger partial charge in [-0.2, -0.15) is 0 Å². The second kappa shape index (κ2) is 5.32. The molecule has 0 saturated carbocycles. The van der Waals surface area contributed by atoms with Crippen molar-refractivity contribution in [1.29, 1.82) is 0 Å². The first-order valence-electron chi connectivity index (χ1n) is 4.66. The molecule has 1 saturated heterocycles. The largest absolute Gasteiger partial charge is 0.394 e. The number of aliphatic hydroxyl groups excluding tert-OH is 1. The van der Waals surface area contributed by atoms with Crippen LogP contribution in [-0.2, 0) is 9.53 Å². The molecule has 0 aromatic carbocycles. The summed E-state index contributed by atoms with van der Waals surface area (Å²) in [4.78, 5) is 12.9. The lowest BCUT2D eigenvalue weighted by Gasteiger charge is -2.31. The van der Waals surface area contributed by atoms with Crippen LogP contribution >= 0.6 is 0 Å². The zero-order valence-electron chi connectivity index (χ0n) is 8.03. The number of hydrogen-bond donors (Lipinski definition) is 1. The molecule has 13 heavy (non-hydrogen) atoms. The fourth-order valence-electron chi connectivity index (χ4n) is 1.41. The number of aliphatic hydroxyl groups is 1. The molecule has 0 spiro atoms. The number of ketones is 1. The van der Waals surface area contributed by atoms with Crippen molar-refractivity contribution >= 4 is 5.78 Å². The summed E-state index contributed by atoms with van der Waals surface area (Å²) in [5.74, 6) is 0.215. The molecule has 1 rings (SSSR count). The summed E-state index contributed by atoms with van der Waals surface area (Å²) < 4.78 is 5.29. The van der Waals surface area contributed by atoms with E-state index >= 15 is 0 Å². The fourth-order valence-corrected chi connectivity index (χ4v) is 1.41. The topological polar surface area (TPSA) is 49.8 Å². The van der Waals surface area contributed by atoms with Gasteiger partial charge in [-0.3, -0.25) is 9.69 Å². The summed E-state index contributed by atoms with van der Waals surface area (Å²) in [5, 5.41) is 8.87. The van der Waals surface area contributed by atoms with Crippen LogP contribution in [0.1, 0.15) is 13.3 Å². The Morgan fingerprint density at radius 3 is 3.08 bits per heavy atom. The molecule has 1 aliphatic heterocycles. The van der Waals surface area contributed by atoms with E-state index in [-0.39, 0.29) is 18.5 Å². The third-order valence-corrected chi connectivity index (χ3v) is 2.21. The third-order valence-electron chi connectivity index (χ3n) is 2.21. The quantitative estimate of drug-likeness (QED) is 0.654. The Labute approximate surface area is 78.5 Å². The van der Waals surface area contributed by atoms with E-state index in [4.69, 9.17) is 9.84 Å². The second-order valence-electron chi connectivity index (χ2n) is 3.43. The van der Waals surface area contributed by atoms with Gasteiger partial charge in [-0.15, -0.1) is 0 Å². The van der Waals surface area contributed by atoms with Gasteiger partial charge in [-0.25, -0.2) is 0 Å². The predicted octanol–water partition coefficient (Wildman–Crippen LogP) is -0.341. The van der Waals surface area contributed by atoms with Crippen LogP contribution in [0.2, 0.25) is 0 Å². The number of carbonyl (C=O) groups excluding carboxylic acids is 1. The zero-order valence-corrected chi connectivity index (χ0v) is 8.03. The lowest BCUT2D eigenvalue weighted by atomic mass is 10.2. The van der Waals surface area contributed by atoms with E-state index in [9.17, 15) is 4.79 Å². The van der Waals surface area contributed by atoms with Gasteiger partial charge in [0, 0.05) is 26.1 Å². The minimum atomic E-state index is -0.0688. The highest BCUT2D eigenvalue weighted by Crippen LogP contribution is 2.04. The van der Waals surface area contributed by atoms with Crippen LogP contribution in [0.3, 0.4) is 0 Å². The summed E-state index contributed by atoms with van der Waals surface area (Å²) in [5.41, 5.74) is 0. The summed E-state index contributed by atoms with van der Waals surface area (Å²) in [7, 11) is 0. The molecule has 0 aromatic rings. The summed E-state index contributed by atoms with van der Waals surface area (Å²) in [6, 6.07) is 0. The number of morpholine rings is 1. The molecule has 0 amide bonds. The maximum atomic E-state index is 10.7. The van der Waals surface area contributed by atoms with E-state index in [2.05, 4.69) is 4.90 Å². The van der Waals surface area contributed by atoms with Gasteiger partial charge in [0.1, 0.15) is 5.78 Å². The molecule has 76 valence electrons. The van der Waals surface area contributed by atoms with Crippen LogP contribution in [0.4, 0.5) is 0 Å². The first-order valence-corrected chi connectivity index (χ1v) is 4.66. The first kappa shape index (κ1) is 10.6. The molecule has 1 heterocycles. The monoisotopic (exact) mass is 187 g/mol. The van der Waals surface area contributed by atoms with Crippen molar-refractivity contribution in [2.75, 3.05) is 32.8 Å². The highest BCUT2D eigenvalue weighted by Gasteiger charge is 2.19. The Bertz CT molecular complexity index is 172. The number of Topliss-reactive ketones (excluding diaryl/α,β-unsaturated/α-hetero) is 1. The second-order valence-corrected chi connectivity index (χ2v) is 3.43. The van der Waals surface area contributed by atoms with Crippen molar-refractivity contribution in [3.63, 3.8) is 0 Å². The van der Waals surface area contributed by atoms with Crippen LogP contribution < -0.4 is 0 Å². The van der Waals surface area contributed by atoms with Gasteiger partial charge < -0.3 is 9.84 Å². The summed E-state index contributed by atoms with van der Waals surface area (Å²) in [6.45, 7) is 4.71. The Kier molecular flexibility index (Phi) is 4.35. The van der Waals surface area contributed by atoms with Gasteiger partial charge >= 0.3 is 0 Å². The first-order chi connectivity index (χ1) is 6.22. The highest BCUT2D eigenvalue weighted by molar-refractivity contribution is 5.75. The van der Waals surface area contributed by atoms with Crippen LogP contribution in [-0.4, -0.2) is 54.7 Å². The van der Waals surface area contributed by atoms with Crippen molar-refractivity contribution in [2.24, 2.45) is 0 Å². The van der Waals surface area contributed by atoms with Crippen molar-refractivity contribution in [3.8, 4) is 0 Å². The molecule has 1 aliphatic rings. The zero-order chi connectivity index (χ0) is 9.68. The van der Waals surface area contributed by atoms with Gasteiger partial charge in [0.15, 0.2) is 0 Å². The van der Waals surface area contributed by atoms with Crippen LogP contribution in [0, 0.1) is 0 Å². The molecule has 4 heteroatoms. The van der Waals surface area contributed by atoms with E-state index in [0.29, 0.717) is 13.0 Å². The Hall–Kier alpha value is -0.450. The number of rotatable bonds is 4. The van der Waals surface area contributed by atoms with Crippen molar-refractivity contribution in [1.82, 2.24) is 4.90 Å². The van der Waals surface area contributed by atoms with Gasteiger partial charge in [-0.05, 0) is 6.92 Å². The minimum absolute atomic E-state index is 0.0660. The molecule has 4 nitrogen and oxygen atoms in total. The molecule has 1 fully saturated rings. The number of ether oxygens (including phenoxy) is 1. The average molecular weight is 187 g/mol. The number of hydrogen-bond acceptors (Lipinski definition) is 4. The molecule has 0 radical (unpaired) electrons. The van der Waals surface area contributed by atoms with Crippen molar-refractivity contribution in [3.05, 3.63) is 0 Å². The standard InChI is InChI=1S/C9H17NO3/c1-8(12)2-3-10-4-5-13-9(6-10)7-11/h9,11H,2-7H2,1H3. The van der Waals surface area contributed by atoms with E-state index < -0.39 is 0 Å². The minimum Gasteiger partial charge on any atom is -0.394 e. The van der Waals surface area contributed by atoms with Crippen molar-refractivity contribution < 1.29 is 14.6 Å². The molecular formula is C9H17NO3. The van der Waals surface area contributed by atoms with E-state index in [1.807, 2.05) is 0 Å². The summed E-state index contributed by atoms with van der Waals surface area (Å²) in [6.07, 6.45) is 0.527. The lowest BCUT2D eigenvalue weighted by molar-refractivity contribution is -0.118. The molecular weight excluding hydrogens is 170 g/mol. The molecule has 0 aliphatic carbocycles. The smallest absolute Gasteiger partial charge is 0.131 e. The van der Waals surface area contributed by atoms with Crippen LogP contribution in [0.15, 0.2) is 0 Å². The maximum absolute atomic E-state index is 10.7. The molecule has 1 unspecified atom stereocenters. The van der Waals surface area contributed by atoms with Crippen molar-refractivity contribution in [2.45, 2.75) is 19.4 Å². The van der Waals surface area contributed by atoms with E-state index in [1.54, 1.807) is 6.92 Å². The lowest BCUT2D eigenvalue weighted by Crippen LogP contribution is -2.44. The number of carbonyl (C=O) groups is 1. The Balaban J connectivity index is 2.21. The number of nitrogens with zero attached hydrogens (tertiary/aromatic N) is 1. The SMILES string of the molecule is CC(=O)CCN1CCOC(CO)C1. The van der Waals surface area contributed by atoms with E-state index in [1.165, 1.54) is 0 Å². The van der Waals surface area contributed by atoms with Crippen LogP contribution in [0.25, 0.3) is 0 Å². The van der Waals surface area contributed by atoms with E-state index in [0.717, 1.165) is 19.6 Å². The predicted molar refractivity (Wildman–Crippen MR) is 48.6 cm³/mol. The third kappa shape index (κ3) is 3.85. The highest BCUT2D eigenvalue weighted by atomic mass is 16.5. The van der Waals surface area contributed by atoms with Gasteiger partial charge in [0.2, 0.25) is 0 Å². The Morgan fingerprint density at radius 1 is 1.69 bits per heavy atom. The summed E-state index contributed by atoms with van der Waals surface area (Å²) >= 11 is 0. The van der Waals surface area contributed by atoms with Gasteiger partial charge in [0.05, 0.1) is 19.3 Å². The molecule has 0 aromatic heterocycles.